The highest BCUT2D eigenvalue weighted by Crippen LogP contribution is 2.15. The number of carbonyl (C=O) groups is 1. The van der Waals surface area contributed by atoms with Gasteiger partial charge >= 0.3 is 0 Å². The zero-order valence-electron chi connectivity index (χ0n) is 13.0. The number of fused-ring (bicyclic) bond motifs is 1. The summed E-state index contributed by atoms with van der Waals surface area (Å²) in [6.45, 7) is 2.78. The van der Waals surface area contributed by atoms with E-state index in [1.54, 1.807) is 23.0 Å². The number of aromatic nitrogens is 2. The molecule has 0 unspecified atom stereocenters. The number of benzene rings is 2. The molecule has 0 N–H and O–H groups in total. The second-order valence-electron chi connectivity index (χ2n) is 5.19. The van der Waals surface area contributed by atoms with Crippen molar-refractivity contribution < 1.29 is 9.53 Å². The number of ether oxygens (including phenoxy) is 1. The van der Waals surface area contributed by atoms with E-state index in [0.717, 1.165) is 28.8 Å². The monoisotopic (exact) mass is 306 g/mol. The molecule has 0 spiro atoms. The quantitative estimate of drug-likeness (QED) is 0.664. The predicted molar refractivity (Wildman–Crippen MR) is 91.6 cm³/mol. The Labute approximate surface area is 135 Å². The molecule has 0 aliphatic carbocycles. The number of carbonyl (C=O) groups excluding carboxylic acids is 1. The summed E-state index contributed by atoms with van der Waals surface area (Å²) < 4.78 is 7.09. The van der Waals surface area contributed by atoms with Gasteiger partial charge in [0, 0.05) is 6.08 Å². The lowest BCUT2D eigenvalue weighted by molar-refractivity contribution is 0.0974. The van der Waals surface area contributed by atoms with Gasteiger partial charge in [-0.2, -0.15) is 0 Å². The Morgan fingerprint density at radius 2 is 1.96 bits per heavy atom. The molecule has 0 fully saturated rings. The van der Waals surface area contributed by atoms with Gasteiger partial charge in [-0.15, -0.1) is 0 Å². The van der Waals surface area contributed by atoms with Gasteiger partial charge in [0.25, 0.3) is 5.91 Å². The summed E-state index contributed by atoms with van der Waals surface area (Å²) in [4.78, 5) is 16.5. The molecule has 0 saturated heterocycles. The molecule has 0 radical (unpaired) electrons. The zero-order valence-corrected chi connectivity index (χ0v) is 13.0. The maximum absolute atomic E-state index is 12.3. The molecule has 3 aromatic rings. The summed E-state index contributed by atoms with van der Waals surface area (Å²) in [7, 11) is 0. The lowest BCUT2D eigenvalue weighted by atomic mass is 10.2. The Balaban J connectivity index is 1.73. The molecule has 0 aliphatic rings. The lowest BCUT2D eigenvalue weighted by Crippen LogP contribution is -2.05. The number of rotatable bonds is 5. The summed E-state index contributed by atoms with van der Waals surface area (Å²) in [5.74, 6) is 0.723. The van der Waals surface area contributed by atoms with Gasteiger partial charge in [-0.05, 0) is 42.3 Å². The van der Waals surface area contributed by atoms with Crippen LogP contribution in [-0.2, 0) is 0 Å². The molecule has 4 heteroatoms. The standard InChI is InChI=1S/C19H18N2O2/c1-2-13-23-16-10-7-15(8-11-16)9-12-19(22)21-14-20-17-5-3-4-6-18(17)21/h3-12,14H,2,13H2,1H3/b12-9+. The highest BCUT2D eigenvalue weighted by molar-refractivity contribution is 5.99. The molecule has 4 nitrogen and oxygen atoms in total. The zero-order chi connectivity index (χ0) is 16.1. The van der Waals surface area contributed by atoms with Gasteiger partial charge in [-0.3, -0.25) is 9.36 Å². The van der Waals surface area contributed by atoms with Crippen LogP contribution in [0.15, 0.2) is 60.9 Å². The van der Waals surface area contributed by atoms with E-state index in [2.05, 4.69) is 11.9 Å². The molecule has 3 rings (SSSR count). The SMILES string of the molecule is CCCOc1ccc(/C=C/C(=O)n2cnc3ccccc32)cc1. The van der Waals surface area contributed by atoms with Gasteiger partial charge in [0.1, 0.15) is 12.1 Å². The minimum Gasteiger partial charge on any atom is -0.494 e. The molecular formula is C19H18N2O2. The number of hydrogen-bond donors (Lipinski definition) is 0. The molecule has 23 heavy (non-hydrogen) atoms. The van der Waals surface area contributed by atoms with Crippen LogP contribution in [0.1, 0.15) is 23.7 Å². The minimum atomic E-state index is -0.120. The third-order valence-electron chi connectivity index (χ3n) is 3.46. The molecule has 0 amide bonds. The van der Waals surface area contributed by atoms with Crippen LogP contribution in [-0.4, -0.2) is 22.1 Å². The predicted octanol–water partition coefficient (Wildman–Crippen LogP) is 4.18. The highest BCUT2D eigenvalue weighted by atomic mass is 16.5. The van der Waals surface area contributed by atoms with Crippen LogP contribution in [0.3, 0.4) is 0 Å². The van der Waals surface area contributed by atoms with Crippen molar-refractivity contribution in [2.45, 2.75) is 13.3 Å². The smallest absolute Gasteiger partial charge is 0.256 e. The first-order chi connectivity index (χ1) is 11.3. The van der Waals surface area contributed by atoms with Gasteiger partial charge in [0.15, 0.2) is 0 Å². The average Bonchev–Trinajstić information content (AvgIpc) is 3.03. The van der Waals surface area contributed by atoms with Crippen molar-refractivity contribution in [2.75, 3.05) is 6.61 Å². The van der Waals surface area contributed by atoms with Gasteiger partial charge in [-0.1, -0.05) is 31.2 Å². The van der Waals surface area contributed by atoms with Crippen LogP contribution in [0, 0.1) is 0 Å². The Bertz CT molecular complexity index is 832. The van der Waals surface area contributed by atoms with E-state index >= 15 is 0 Å². The Hall–Kier alpha value is -2.88. The molecule has 1 heterocycles. The summed E-state index contributed by atoms with van der Waals surface area (Å²) in [6, 6.07) is 15.3. The Morgan fingerprint density at radius 1 is 1.17 bits per heavy atom. The summed E-state index contributed by atoms with van der Waals surface area (Å²) in [6.07, 6.45) is 5.88. The maximum atomic E-state index is 12.3. The second kappa shape index (κ2) is 6.92. The summed E-state index contributed by atoms with van der Waals surface area (Å²) in [5.41, 5.74) is 2.57. The van der Waals surface area contributed by atoms with E-state index in [1.165, 1.54) is 0 Å². The van der Waals surface area contributed by atoms with Crippen LogP contribution in [0.2, 0.25) is 0 Å². The van der Waals surface area contributed by atoms with Gasteiger partial charge in [0.2, 0.25) is 0 Å². The second-order valence-corrected chi connectivity index (χ2v) is 5.19. The fourth-order valence-electron chi connectivity index (χ4n) is 2.28. The molecule has 0 aliphatic heterocycles. The van der Waals surface area contributed by atoms with E-state index in [-0.39, 0.29) is 5.91 Å². The van der Waals surface area contributed by atoms with E-state index in [9.17, 15) is 4.79 Å². The van der Waals surface area contributed by atoms with E-state index < -0.39 is 0 Å². The normalized spacial score (nSPS) is 11.2. The highest BCUT2D eigenvalue weighted by Gasteiger charge is 2.06. The van der Waals surface area contributed by atoms with E-state index in [4.69, 9.17) is 4.74 Å². The molecule has 1 aromatic heterocycles. The van der Waals surface area contributed by atoms with Crippen molar-refractivity contribution in [2.24, 2.45) is 0 Å². The fourth-order valence-corrected chi connectivity index (χ4v) is 2.28. The first-order valence-corrected chi connectivity index (χ1v) is 7.65. The average molecular weight is 306 g/mol. The van der Waals surface area contributed by atoms with Crippen molar-refractivity contribution in [3.05, 3.63) is 66.5 Å². The van der Waals surface area contributed by atoms with Crippen molar-refractivity contribution >= 4 is 23.0 Å². The molecule has 116 valence electrons. The number of imidazole rings is 1. The number of hydrogen-bond acceptors (Lipinski definition) is 3. The van der Waals surface area contributed by atoms with Gasteiger partial charge in [0.05, 0.1) is 17.6 Å². The third kappa shape index (κ3) is 3.48. The van der Waals surface area contributed by atoms with Gasteiger partial charge in [-0.25, -0.2) is 4.98 Å². The Kier molecular flexibility index (Phi) is 4.52. The summed E-state index contributed by atoms with van der Waals surface area (Å²) in [5, 5.41) is 0. The van der Waals surface area contributed by atoms with Gasteiger partial charge < -0.3 is 4.74 Å². The molecule has 0 saturated carbocycles. The Morgan fingerprint density at radius 3 is 2.74 bits per heavy atom. The van der Waals surface area contributed by atoms with Crippen molar-refractivity contribution in [3.8, 4) is 5.75 Å². The van der Waals surface area contributed by atoms with Crippen molar-refractivity contribution in [1.82, 2.24) is 9.55 Å². The van der Waals surface area contributed by atoms with Crippen LogP contribution < -0.4 is 4.74 Å². The maximum Gasteiger partial charge on any atom is 0.256 e. The third-order valence-corrected chi connectivity index (χ3v) is 3.46. The summed E-state index contributed by atoms with van der Waals surface area (Å²) >= 11 is 0. The first kappa shape index (κ1) is 15.0. The van der Waals surface area contributed by atoms with Crippen molar-refractivity contribution in [3.63, 3.8) is 0 Å². The first-order valence-electron chi connectivity index (χ1n) is 7.65. The van der Waals surface area contributed by atoms with Crippen LogP contribution >= 0.6 is 0 Å². The largest absolute Gasteiger partial charge is 0.494 e. The number of para-hydroxylation sites is 2. The lowest BCUT2D eigenvalue weighted by Gasteiger charge is -2.04. The van der Waals surface area contributed by atoms with E-state index in [0.29, 0.717) is 6.61 Å². The number of nitrogens with zero attached hydrogens (tertiary/aromatic N) is 2. The van der Waals surface area contributed by atoms with Crippen LogP contribution in [0.4, 0.5) is 0 Å². The molecule has 2 aromatic carbocycles. The van der Waals surface area contributed by atoms with Crippen LogP contribution in [0.5, 0.6) is 5.75 Å². The molecule has 0 atom stereocenters. The topological polar surface area (TPSA) is 44.1 Å². The molecular weight excluding hydrogens is 288 g/mol. The number of allylic oxidation sites excluding steroid dienone is 1. The van der Waals surface area contributed by atoms with Crippen molar-refractivity contribution in [1.29, 1.82) is 0 Å². The van der Waals surface area contributed by atoms with E-state index in [1.807, 2.05) is 48.5 Å². The van der Waals surface area contributed by atoms with Crippen LogP contribution in [0.25, 0.3) is 17.1 Å². The molecule has 0 bridgehead atoms. The fraction of sp³-hybridized carbons (Fsp3) is 0.158. The minimum absolute atomic E-state index is 0.120.